The Hall–Kier alpha value is -0.650. The molecule has 5 nitrogen and oxygen atoms in total. The Morgan fingerprint density at radius 1 is 1.38 bits per heavy atom. The van der Waals surface area contributed by atoms with Crippen molar-refractivity contribution in [1.29, 1.82) is 0 Å². The second kappa shape index (κ2) is 6.83. The van der Waals surface area contributed by atoms with Gasteiger partial charge in [0.1, 0.15) is 0 Å². The molecule has 1 unspecified atom stereocenters. The lowest BCUT2D eigenvalue weighted by Gasteiger charge is -2.35. The summed E-state index contributed by atoms with van der Waals surface area (Å²) in [5, 5.41) is 0. The van der Waals surface area contributed by atoms with E-state index in [2.05, 4.69) is 11.8 Å². The molecular weight excluding hydrogens is 206 g/mol. The minimum Gasteiger partial charge on any atom is -0.385 e. The minimum atomic E-state index is -0.409. The van der Waals surface area contributed by atoms with Gasteiger partial charge >= 0.3 is 0 Å². The summed E-state index contributed by atoms with van der Waals surface area (Å²) in [7, 11) is 1.62. The quantitative estimate of drug-likeness (QED) is 0.691. The molecule has 16 heavy (non-hydrogen) atoms. The van der Waals surface area contributed by atoms with Gasteiger partial charge in [-0.05, 0) is 13.0 Å². The predicted octanol–water partition coefficient (Wildman–Crippen LogP) is -0.486. The van der Waals surface area contributed by atoms with Gasteiger partial charge in [-0.25, -0.2) is 0 Å². The van der Waals surface area contributed by atoms with Crippen LogP contribution in [0.5, 0.6) is 0 Å². The maximum atomic E-state index is 11.9. The van der Waals surface area contributed by atoms with Crippen LogP contribution in [0.3, 0.4) is 0 Å². The predicted molar refractivity (Wildman–Crippen MR) is 63.2 cm³/mol. The number of amides is 1. The summed E-state index contributed by atoms with van der Waals surface area (Å²) >= 11 is 0. The average Bonchev–Trinajstić information content (AvgIpc) is 2.35. The molecule has 1 rings (SSSR count). The Balaban J connectivity index is 2.32. The van der Waals surface area contributed by atoms with Crippen LogP contribution in [0.25, 0.3) is 0 Å². The lowest BCUT2D eigenvalue weighted by Crippen LogP contribution is -2.53. The van der Waals surface area contributed by atoms with E-state index in [1.807, 2.05) is 4.90 Å². The molecule has 94 valence electrons. The monoisotopic (exact) mass is 229 g/mol. The molecule has 0 spiro atoms. The number of likely N-dealkylation sites (N-methyl/N-ethyl adjacent to an activating group) is 1. The third-order valence-electron chi connectivity index (χ3n) is 3.08. The van der Waals surface area contributed by atoms with E-state index in [0.717, 1.165) is 32.7 Å². The first-order valence-corrected chi connectivity index (χ1v) is 5.94. The first-order valence-electron chi connectivity index (χ1n) is 5.94. The molecule has 5 heteroatoms. The van der Waals surface area contributed by atoms with Gasteiger partial charge < -0.3 is 20.3 Å². The Bertz CT molecular complexity index is 215. The van der Waals surface area contributed by atoms with Crippen molar-refractivity contribution in [2.24, 2.45) is 5.73 Å². The summed E-state index contributed by atoms with van der Waals surface area (Å²) in [5.41, 5.74) is 5.82. The Morgan fingerprint density at radius 3 is 2.50 bits per heavy atom. The number of piperazine rings is 1. The van der Waals surface area contributed by atoms with Gasteiger partial charge in [0.25, 0.3) is 0 Å². The number of carbonyl (C=O) groups is 1. The summed E-state index contributed by atoms with van der Waals surface area (Å²) < 4.78 is 4.93. The number of rotatable bonds is 5. The number of nitrogens with two attached hydrogens (primary N) is 1. The number of hydrogen-bond acceptors (Lipinski definition) is 4. The van der Waals surface area contributed by atoms with E-state index >= 15 is 0 Å². The van der Waals surface area contributed by atoms with Gasteiger partial charge in [0.05, 0.1) is 6.04 Å². The van der Waals surface area contributed by atoms with Gasteiger partial charge in [0.2, 0.25) is 5.91 Å². The summed E-state index contributed by atoms with van der Waals surface area (Å²) in [6.07, 6.45) is 0.601. The molecule has 1 fully saturated rings. The normalized spacial score (nSPS) is 19.8. The molecule has 0 bridgehead atoms. The molecule has 0 aliphatic carbocycles. The van der Waals surface area contributed by atoms with Gasteiger partial charge in [-0.15, -0.1) is 0 Å². The van der Waals surface area contributed by atoms with Crippen LogP contribution in [-0.4, -0.2) is 68.2 Å². The van der Waals surface area contributed by atoms with E-state index in [-0.39, 0.29) is 5.91 Å². The van der Waals surface area contributed by atoms with Gasteiger partial charge in [0.15, 0.2) is 0 Å². The van der Waals surface area contributed by atoms with Crippen molar-refractivity contribution >= 4 is 5.91 Å². The number of methoxy groups -OCH3 is 1. The molecular formula is C11H23N3O2. The summed E-state index contributed by atoms with van der Waals surface area (Å²) in [6.45, 7) is 7.25. The van der Waals surface area contributed by atoms with Crippen LogP contribution in [0.2, 0.25) is 0 Å². The van der Waals surface area contributed by atoms with E-state index in [0.29, 0.717) is 13.0 Å². The fourth-order valence-corrected chi connectivity index (χ4v) is 1.89. The van der Waals surface area contributed by atoms with E-state index in [1.54, 1.807) is 7.11 Å². The van der Waals surface area contributed by atoms with E-state index in [4.69, 9.17) is 10.5 Å². The molecule has 0 saturated carbocycles. The molecule has 1 aliphatic heterocycles. The van der Waals surface area contributed by atoms with Crippen molar-refractivity contribution in [3.63, 3.8) is 0 Å². The second-order valence-corrected chi connectivity index (χ2v) is 4.15. The zero-order valence-electron chi connectivity index (χ0n) is 10.3. The highest BCUT2D eigenvalue weighted by atomic mass is 16.5. The van der Waals surface area contributed by atoms with Gasteiger partial charge in [-0.3, -0.25) is 4.79 Å². The topological polar surface area (TPSA) is 58.8 Å². The highest BCUT2D eigenvalue weighted by Gasteiger charge is 2.24. The van der Waals surface area contributed by atoms with Gasteiger partial charge in [-0.1, -0.05) is 6.92 Å². The van der Waals surface area contributed by atoms with Crippen molar-refractivity contribution in [2.45, 2.75) is 19.4 Å². The minimum absolute atomic E-state index is 0.0628. The maximum Gasteiger partial charge on any atom is 0.239 e. The van der Waals surface area contributed by atoms with E-state index in [1.165, 1.54) is 0 Å². The lowest BCUT2D eigenvalue weighted by molar-refractivity contribution is -0.134. The smallest absolute Gasteiger partial charge is 0.239 e. The van der Waals surface area contributed by atoms with Crippen molar-refractivity contribution in [2.75, 3.05) is 46.4 Å². The summed E-state index contributed by atoms with van der Waals surface area (Å²) in [4.78, 5) is 16.1. The van der Waals surface area contributed by atoms with Crippen LogP contribution in [0.4, 0.5) is 0 Å². The standard InChI is InChI=1S/C11H23N3O2/c1-3-13-5-7-14(8-6-13)11(15)10(12)4-9-16-2/h10H,3-9,12H2,1-2H3. The second-order valence-electron chi connectivity index (χ2n) is 4.15. The Morgan fingerprint density at radius 2 is 2.00 bits per heavy atom. The van der Waals surface area contributed by atoms with E-state index in [9.17, 15) is 4.79 Å². The fourth-order valence-electron chi connectivity index (χ4n) is 1.89. The van der Waals surface area contributed by atoms with E-state index < -0.39 is 6.04 Å². The van der Waals surface area contributed by atoms with Crippen LogP contribution in [0.15, 0.2) is 0 Å². The highest BCUT2D eigenvalue weighted by molar-refractivity contribution is 5.81. The summed E-state index contributed by atoms with van der Waals surface area (Å²) in [6, 6.07) is -0.409. The molecule has 0 aromatic heterocycles. The van der Waals surface area contributed by atoms with Gasteiger partial charge in [0, 0.05) is 39.9 Å². The SMILES string of the molecule is CCN1CCN(C(=O)C(N)CCOC)CC1. The molecule has 1 atom stereocenters. The van der Waals surface area contributed by atoms with Crippen LogP contribution < -0.4 is 5.73 Å². The highest BCUT2D eigenvalue weighted by Crippen LogP contribution is 2.04. The number of ether oxygens (including phenoxy) is 1. The van der Waals surface area contributed by atoms with Crippen molar-refractivity contribution in [3.05, 3.63) is 0 Å². The molecule has 1 heterocycles. The third kappa shape index (κ3) is 3.73. The fraction of sp³-hybridized carbons (Fsp3) is 0.909. The first kappa shape index (κ1) is 13.4. The van der Waals surface area contributed by atoms with Crippen LogP contribution in [0, 0.1) is 0 Å². The molecule has 0 aromatic carbocycles. The van der Waals surface area contributed by atoms with Gasteiger partial charge in [-0.2, -0.15) is 0 Å². The summed E-state index contributed by atoms with van der Waals surface area (Å²) in [5.74, 6) is 0.0628. The maximum absolute atomic E-state index is 11.9. The van der Waals surface area contributed by atoms with Crippen LogP contribution >= 0.6 is 0 Å². The zero-order valence-corrected chi connectivity index (χ0v) is 10.3. The Kier molecular flexibility index (Phi) is 5.73. The lowest BCUT2D eigenvalue weighted by atomic mass is 10.2. The van der Waals surface area contributed by atoms with Crippen LogP contribution in [-0.2, 0) is 9.53 Å². The van der Waals surface area contributed by atoms with Crippen LogP contribution in [0.1, 0.15) is 13.3 Å². The molecule has 2 N–H and O–H groups in total. The average molecular weight is 229 g/mol. The Labute approximate surface area is 97.5 Å². The molecule has 1 amide bonds. The van der Waals surface area contributed by atoms with Crippen molar-refractivity contribution in [3.8, 4) is 0 Å². The number of hydrogen-bond donors (Lipinski definition) is 1. The number of nitrogens with zero attached hydrogens (tertiary/aromatic N) is 2. The molecule has 0 aromatic rings. The number of carbonyl (C=O) groups excluding carboxylic acids is 1. The third-order valence-corrected chi connectivity index (χ3v) is 3.08. The molecule has 1 saturated heterocycles. The molecule has 0 radical (unpaired) electrons. The van der Waals surface area contributed by atoms with Crippen molar-refractivity contribution < 1.29 is 9.53 Å². The molecule has 1 aliphatic rings. The zero-order chi connectivity index (χ0) is 12.0. The van der Waals surface area contributed by atoms with Crippen molar-refractivity contribution in [1.82, 2.24) is 9.80 Å². The first-order chi connectivity index (χ1) is 7.69. The largest absolute Gasteiger partial charge is 0.385 e.